The van der Waals surface area contributed by atoms with E-state index in [0.717, 1.165) is 12.2 Å². The van der Waals surface area contributed by atoms with Crippen LogP contribution in [0.25, 0.3) is 0 Å². The molecule has 0 bridgehead atoms. The van der Waals surface area contributed by atoms with E-state index < -0.39 is 0 Å². The number of hydrogen-bond donors (Lipinski definition) is 1. The quantitative estimate of drug-likeness (QED) is 0.806. The summed E-state index contributed by atoms with van der Waals surface area (Å²) in [5.41, 5.74) is 1.59. The van der Waals surface area contributed by atoms with Gasteiger partial charge in [0.15, 0.2) is 0 Å². The van der Waals surface area contributed by atoms with Gasteiger partial charge in [-0.25, -0.2) is 0 Å². The van der Waals surface area contributed by atoms with Crippen LogP contribution in [0.3, 0.4) is 0 Å². The monoisotopic (exact) mass is 277 g/mol. The van der Waals surface area contributed by atoms with Crippen molar-refractivity contribution >= 4 is 0 Å². The first-order valence-electron chi connectivity index (χ1n) is 7.68. The molecule has 2 heteroatoms. The maximum atomic E-state index is 5.96. The Morgan fingerprint density at radius 3 is 2.20 bits per heavy atom. The number of benzene rings is 1. The van der Waals surface area contributed by atoms with E-state index in [1.807, 2.05) is 13.1 Å². The predicted octanol–water partition coefficient (Wildman–Crippen LogP) is 4.81. The van der Waals surface area contributed by atoms with Crippen molar-refractivity contribution < 1.29 is 4.74 Å². The summed E-state index contributed by atoms with van der Waals surface area (Å²) in [7, 11) is 2.03. The Labute approximate surface area is 124 Å². The van der Waals surface area contributed by atoms with Crippen LogP contribution in [-0.2, 0) is 0 Å². The van der Waals surface area contributed by atoms with E-state index in [1.54, 1.807) is 0 Å². The Morgan fingerprint density at radius 1 is 1.10 bits per heavy atom. The molecule has 0 heterocycles. The summed E-state index contributed by atoms with van der Waals surface area (Å²) in [6, 6.07) is 8.71. The molecule has 2 atom stereocenters. The Balaban J connectivity index is 2.95. The molecule has 1 rings (SSSR count). The van der Waals surface area contributed by atoms with Crippen molar-refractivity contribution in [3.63, 3.8) is 0 Å². The highest BCUT2D eigenvalue weighted by atomic mass is 16.5. The van der Waals surface area contributed by atoms with E-state index >= 15 is 0 Å². The highest BCUT2D eigenvalue weighted by Gasteiger charge is 2.25. The van der Waals surface area contributed by atoms with Crippen LogP contribution in [-0.4, -0.2) is 13.2 Å². The van der Waals surface area contributed by atoms with Crippen molar-refractivity contribution in [3.8, 4) is 5.75 Å². The fourth-order valence-electron chi connectivity index (χ4n) is 2.24. The van der Waals surface area contributed by atoms with Gasteiger partial charge < -0.3 is 10.1 Å². The minimum Gasteiger partial charge on any atom is -0.491 e. The molecule has 0 radical (unpaired) electrons. The van der Waals surface area contributed by atoms with E-state index in [0.29, 0.717) is 17.4 Å². The number of nitrogens with one attached hydrogen (secondary N) is 1. The molecule has 0 saturated heterocycles. The minimum atomic E-state index is 0.202. The third-order valence-corrected chi connectivity index (χ3v) is 4.07. The zero-order valence-corrected chi connectivity index (χ0v) is 14.2. The van der Waals surface area contributed by atoms with Crippen LogP contribution in [0.2, 0.25) is 0 Å². The third kappa shape index (κ3) is 4.82. The zero-order chi connectivity index (χ0) is 15.3. The van der Waals surface area contributed by atoms with Crippen molar-refractivity contribution in [2.75, 3.05) is 7.05 Å². The summed E-state index contributed by atoms with van der Waals surface area (Å²) in [6.07, 6.45) is 1.31. The fraction of sp³-hybridized carbons (Fsp3) is 0.667. The molecule has 1 aromatic rings. The average molecular weight is 277 g/mol. The summed E-state index contributed by atoms with van der Waals surface area (Å²) in [6.45, 7) is 13.4. The number of rotatable bonds is 6. The van der Waals surface area contributed by atoms with Gasteiger partial charge in [0, 0.05) is 11.6 Å². The van der Waals surface area contributed by atoms with E-state index in [9.17, 15) is 0 Å². The van der Waals surface area contributed by atoms with Crippen molar-refractivity contribution in [2.45, 2.75) is 60.1 Å². The Morgan fingerprint density at radius 2 is 1.70 bits per heavy atom. The smallest absolute Gasteiger partial charge is 0.124 e. The Bertz CT molecular complexity index is 406. The molecule has 0 aliphatic rings. The van der Waals surface area contributed by atoms with Crippen LogP contribution < -0.4 is 10.1 Å². The molecular formula is C18H31NO. The molecule has 0 spiro atoms. The lowest BCUT2D eigenvalue weighted by Gasteiger charge is -2.31. The molecule has 20 heavy (non-hydrogen) atoms. The highest BCUT2D eigenvalue weighted by molar-refractivity contribution is 5.36. The first kappa shape index (κ1) is 17.0. The van der Waals surface area contributed by atoms with Gasteiger partial charge >= 0.3 is 0 Å². The Hall–Kier alpha value is -1.02. The molecule has 2 nitrogen and oxygen atoms in total. The van der Waals surface area contributed by atoms with Gasteiger partial charge in [0.25, 0.3) is 0 Å². The molecule has 0 amide bonds. The van der Waals surface area contributed by atoms with E-state index in [-0.39, 0.29) is 6.10 Å². The summed E-state index contributed by atoms with van der Waals surface area (Å²) in [5.74, 6) is 1.63. The summed E-state index contributed by atoms with van der Waals surface area (Å²) in [4.78, 5) is 0. The highest BCUT2D eigenvalue weighted by Crippen LogP contribution is 2.36. The average Bonchev–Trinajstić information content (AvgIpc) is 2.34. The number of para-hydroxylation sites is 1. The predicted molar refractivity (Wildman–Crippen MR) is 87.2 cm³/mol. The van der Waals surface area contributed by atoms with E-state index in [4.69, 9.17) is 4.74 Å². The first-order chi connectivity index (χ1) is 9.25. The van der Waals surface area contributed by atoms with Crippen LogP contribution in [0.4, 0.5) is 0 Å². The second-order valence-corrected chi connectivity index (χ2v) is 7.05. The second-order valence-electron chi connectivity index (χ2n) is 7.05. The standard InChI is InChI=1S/C18H31NO/c1-13(2)20-17-11-9-8-10-15(17)16(19-7)12-14(3)18(4,5)6/h8-11,13-14,16,19H,12H2,1-7H3. The molecule has 0 fully saturated rings. The van der Waals surface area contributed by atoms with Gasteiger partial charge in [-0.15, -0.1) is 0 Å². The number of hydrogen-bond acceptors (Lipinski definition) is 2. The van der Waals surface area contributed by atoms with Crippen molar-refractivity contribution in [1.82, 2.24) is 5.32 Å². The van der Waals surface area contributed by atoms with E-state index in [2.05, 4.69) is 65.1 Å². The van der Waals surface area contributed by atoms with Gasteiger partial charge in [-0.05, 0) is 44.7 Å². The molecule has 114 valence electrons. The summed E-state index contributed by atoms with van der Waals surface area (Å²) in [5, 5.41) is 3.45. The van der Waals surface area contributed by atoms with Crippen LogP contribution in [0.15, 0.2) is 24.3 Å². The molecular weight excluding hydrogens is 246 g/mol. The van der Waals surface area contributed by atoms with Gasteiger partial charge in [0.05, 0.1) is 6.10 Å². The SMILES string of the molecule is CNC(CC(C)C(C)(C)C)c1ccccc1OC(C)C. The minimum absolute atomic E-state index is 0.202. The number of ether oxygens (including phenoxy) is 1. The molecule has 2 unspecified atom stereocenters. The Kier molecular flexibility index (Phi) is 6.07. The molecule has 0 saturated carbocycles. The van der Waals surface area contributed by atoms with Gasteiger partial charge in [0.2, 0.25) is 0 Å². The second kappa shape index (κ2) is 7.12. The van der Waals surface area contributed by atoms with Gasteiger partial charge in [-0.2, -0.15) is 0 Å². The van der Waals surface area contributed by atoms with Gasteiger partial charge in [-0.3, -0.25) is 0 Å². The van der Waals surface area contributed by atoms with Crippen molar-refractivity contribution in [1.29, 1.82) is 0 Å². The third-order valence-electron chi connectivity index (χ3n) is 4.07. The molecule has 0 aromatic heterocycles. The summed E-state index contributed by atoms with van der Waals surface area (Å²) < 4.78 is 5.96. The first-order valence-corrected chi connectivity index (χ1v) is 7.68. The van der Waals surface area contributed by atoms with E-state index in [1.165, 1.54) is 5.56 Å². The molecule has 0 aliphatic carbocycles. The fourth-order valence-corrected chi connectivity index (χ4v) is 2.24. The largest absolute Gasteiger partial charge is 0.491 e. The lowest BCUT2D eigenvalue weighted by atomic mass is 9.77. The zero-order valence-electron chi connectivity index (χ0n) is 14.2. The van der Waals surface area contributed by atoms with Crippen molar-refractivity contribution in [3.05, 3.63) is 29.8 Å². The van der Waals surface area contributed by atoms with Crippen LogP contribution in [0.5, 0.6) is 5.75 Å². The normalized spacial score (nSPS) is 15.2. The lowest BCUT2D eigenvalue weighted by Crippen LogP contribution is -2.26. The lowest BCUT2D eigenvalue weighted by molar-refractivity contribution is 0.216. The molecule has 1 N–H and O–H groups in total. The van der Waals surface area contributed by atoms with Gasteiger partial charge in [-0.1, -0.05) is 45.9 Å². The topological polar surface area (TPSA) is 21.3 Å². The maximum Gasteiger partial charge on any atom is 0.124 e. The maximum absolute atomic E-state index is 5.96. The molecule has 0 aliphatic heterocycles. The van der Waals surface area contributed by atoms with Crippen LogP contribution in [0, 0.1) is 11.3 Å². The molecule has 1 aromatic carbocycles. The summed E-state index contributed by atoms with van der Waals surface area (Å²) >= 11 is 0. The van der Waals surface area contributed by atoms with Crippen LogP contribution in [0.1, 0.15) is 59.6 Å². The van der Waals surface area contributed by atoms with Gasteiger partial charge in [0.1, 0.15) is 5.75 Å². The van der Waals surface area contributed by atoms with Crippen molar-refractivity contribution in [2.24, 2.45) is 11.3 Å². The van der Waals surface area contributed by atoms with Crippen LogP contribution >= 0.6 is 0 Å².